The van der Waals surface area contributed by atoms with Crippen molar-refractivity contribution in [1.29, 1.82) is 0 Å². The molecule has 2 aliphatic heterocycles. The molecular weight excluding hydrogens is 414 g/mol. The van der Waals surface area contributed by atoms with E-state index < -0.39 is 29.2 Å². The first-order valence-electron chi connectivity index (χ1n) is 10.5. The molecule has 0 saturated carbocycles. The van der Waals surface area contributed by atoms with Crippen LogP contribution in [0.2, 0.25) is 0 Å². The Hall–Kier alpha value is -3.66. The Morgan fingerprint density at radius 1 is 1.31 bits per heavy atom. The van der Waals surface area contributed by atoms with Crippen LogP contribution in [0.1, 0.15) is 46.6 Å². The van der Waals surface area contributed by atoms with E-state index in [1.807, 2.05) is 42.7 Å². The van der Waals surface area contributed by atoms with Crippen molar-refractivity contribution < 1.29 is 19.4 Å². The Bertz CT molecular complexity index is 1310. The number of rotatable bonds is 4. The molecule has 5 rings (SSSR count). The van der Waals surface area contributed by atoms with E-state index in [-0.39, 0.29) is 30.4 Å². The molecule has 0 bridgehead atoms. The Labute approximate surface area is 183 Å². The zero-order valence-corrected chi connectivity index (χ0v) is 17.7. The smallest absolute Gasteiger partial charge is 0.276 e. The number of carbonyl (C=O) groups excluding carboxylic acids is 2. The van der Waals surface area contributed by atoms with Crippen LogP contribution in [-0.2, 0) is 17.8 Å². The Morgan fingerprint density at radius 3 is 2.88 bits per heavy atom. The van der Waals surface area contributed by atoms with Gasteiger partial charge in [0.1, 0.15) is 11.4 Å². The molecule has 1 unspecified atom stereocenters. The van der Waals surface area contributed by atoms with E-state index in [1.54, 1.807) is 0 Å². The minimum Gasteiger partial charge on any atom is -0.503 e. The minimum atomic E-state index is -0.877. The molecule has 2 aromatic heterocycles. The summed E-state index contributed by atoms with van der Waals surface area (Å²) in [5, 5.41) is 13.2. The standard InChI is InChI=1S/C22H23N5O5/c1-12(2)27-15-6-4-3-5-14(15)24-16(27)9-23-21(30)13-10-25-11-17-26(7-8-32-17)22(31)18(25)20(29)19(13)28/h3-6,10,12,17,29H,7-9,11H2,1-2H3,(H,23,30). The van der Waals surface area contributed by atoms with Crippen molar-refractivity contribution in [2.45, 2.75) is 39.2 Å². The van der Waals surface area contributed by atoms with E-state index in [0.717, 1.165) is 11.0 Å². The van der Waals surface area contributed by atoms with Gasteiger partial charge in [-0.1, -0.05) is 12.1 Å². The van der Waals surface area contributed by atoms with E-state index in [4.69, 9.17) is 4.74 Å². The molecule has 0 aliphatic carbocycles. The third kappa shape index (κ3) is 3.06. The van der Waals surface area contributed by atoms with Gasteiger partial charge in [-0.25, -0.2) is 4.98 Å². The molecule has 166 valence electrons. The molecule has 10 nitrogen and oxygen atoms in total. The number of fused-ring (bicyclic) bond motifs is 3. The zero-order valence-electron chi connectivity index (χ0n) is 17.7. The molecule has 2 N–H and O–H groups in total. The number of nitrogens with one attached hydrogen (secondary N) is 1. The SMILES string of the molecule is CC(C)n1c(CNC(=O)c2cn3c(c(O)c2=O)C(=O)N2CCOC2C3)nc2ccccc21. The number of nitrogens with zero attached hydrogens (tertiary/aromatic N) is 4. The van der Waals surface area contributed by atoms with Gasteiger partial charge in [-0.05, 0) is 26.0 Å². The lowest BCUT2D eigenvalue weighted by Crippen LogP contribution is -2.46. The Kier molecular flexibility index (Phi) is 4.74. The molecule has 3 aromatic rings. The second-order valence-corrected chi connectivity index (χ2v) is 8.21. The van der Waals surface area contributed by atoms with E-state index >= 15 is 0 Å². The maximum Gasteiger partial charge on any atom is 0.276 e. The average Bonchev–Trinajstić information content (AvgIpc) is 3.38. The number of aromatic nitrogens is 3. The third-order valence-corrected chi connectivity index (χ3v) is 5.90. The molecule has 32 heavy (non-hydrogen) atoms. The summed E-state index contributed by atoms with van der Waals surface area (Å²) >= 11 is 0. The maximum absolute atomic E-state index is 12.9. The van der Waals surface area contributed by atoms with Crippen LogP contribution in [0.5, 0.6) is 5.75 Å². The topological polar surface area (TPSA) is 119 Å². The lowest BCUT2D eigenvalue weighted by atomic mass is 10.1. The predicted octanol–water partition coefficient (Wildman–Crippen LogP) is 1.23. The third-order valence-electron chi connectivity index (χ3n) is 5.90. The molecule has 1 fully saturated rings. The molecule has 0 spiro atoms. The fraction of sp³-hybridized carbons (Fsp3) is 0.364. The molecular formula is C22H23N5O5. The highest BCUT2D eigenvalue weighted by molar-refractivity contribution is 5.99. The first kappa shape index (κ1) is 20.3. The first-order chi connectivity index (χ1) is 15.4. The fourth-order valence-electron chi connectivity index (χ4n) is 4.44. The summed E-state index contributed by atoms with van der Waals surface area (Å²) in [5.74, 6) is -1.19. The molecule has 2 aliphatic rings. The molecule has 0 radical (unpaired) electrons. The van der Waals surface area contributed by atoms with Gasteiger partial charge in [-0.15, -0.1) is 0 Å². The fourth-order valence-corrected chi connectivity index (χ4v) is 4.44. The minimum absolute atomic E-state index is 0.103. The van der Waals surface area contributed by atoms with Crippen LogP contribution in [-0.4, -0.2) is 55.3 Å². The van der Waals surface area contributed by atoms with Crippen molar-refractivity contribution >= 4 is 22.8 Å². The van der Waals surface area contributed by atoms with Crippen LogP contribution in [0.15, 0.2) is 35.3 Å². The van der Waals surface area contributed by atoms with Crippen LogP contribution >= 0.6 is 0 Å². The highest BCUT2D eigenvalue weighted by Crippen LogP contribution is 2.26. The highest BCUT2D eigenvalue weighted by atomic mass is 16.5. The maximum atomic E-state index is 12.9. The first-order valence-corrected chi connectivity index (χ1v) is 10.5. The lowest BCUT2D eigenvalue weighted by molar-refractivity contribution is 0.00845. The van der Waals surface area contributed by atoms with Crippen LogP contribution in [0.25, 0.3) is 11.0 Å². The number of ether oxygens (including phenoxy) is 1. The van der Waals surface area contributed by atoms with Gasteiger partial charge in [0.05, 0.1) is 30.7 Å². The van der Waals surface area contributed by atoms with Crippen molar-refractivity contribution in [1.82, 2.24) is 24.3 Å². The second-order valence-electron chi connectivity index (χ2n) is 8.21. The van der Waals surface area contributed by atoms with Gasteiger partial charge >= 0.3 is 0 Å². The van der Waals surface area contributed by atoms with Gasteiger partial charge in [0.15, 0.2) is 17.7 Å². The van der Waals surface area contributed by atoms with E-state index in [1.165, 1.54) is 15.7 Å². The van der Waals surface area contributed by atoms with E-state index in [0.29, 0.717) is 19.0 Å². The van der Waals surface area contributed by atoms with Crippen molar-refractivity contribution in [3.05, 3.63) is 57.8 Å². The molecule has 10 heteroatoms. The van der Waals surface area contributed by atoms with Crippen molar-refractivity contribution in [2.24, 2.45) is 0 Å². The molecule has 1 saturated heterocycles. The number of carbonyl (C=O) groups is 2. The summed E-state index contributed by atoms with van der Waals surface area (Å²) in [6, 6.07) is 7.81. The summed E-state index contributed by atoms with van der Waals surface area (Å²) < 4.78 is 8.98. The van der Waals surface area contributed by atoms with Gasteiger partial charge in [-0.3, -0.25) is 14.4 Å². The number of hydrogen-bond donors (Lipinski definition) is 2. The van der Waals surface area contributed by atoms with E-state index in [2.05, 4.69) is 10.3 Å². The number of pyridine rings is 1. The lowest BCUT2D eigenvalue weighted by Gasteiger charge is -2.31. The molecule has 1 atom stereocenters. The molecule has 4 heterocycles. The number of benzene rings is 1. The van der Waals surface area contributed by atoms with Crippen LogP contribution < -0.4 is 10.7 Å². The van der Waals surface area contributed by atoms with Gasteiger partial charge in [0, 0.05) is 18.8 Å². The van der Waals surface area contributed by atoms with Gasteiger partial charge < -0.3 is 29.2 Å². The number of aromatic hydroxyl groups is 1. The summed E-state index contributed by atoms with van der Waals surface area (Å²) in [6.45, 7) is 5.18. The van der Waals surface area contributed by atoms with Crippen LogP contribution in [0.4, 0.5) is 0 Å². The molecule has 2 amide bonds. The summed E-state index contributed by atoms with van der Waals surface area (Å²) in [4.78, 5) is 44.3. The Morgan fingerprint density at radius 2 is 2.09 bits per heavy atom. The number of hydrogen-bond acceptors (Lipinski definition) is 6. The number of imidazole rings is 1. The summed E-state index contributed by atoms with van der Waals surface area (Å²) in [6.07, 6.45) is 0.841. The number of amides is 2. The predicted molar refractivity (Wildman–Crippen MR) is 114 cm³/mol. The zero-order chi connectivity index (χ0) is 22.6. The van der Waals surface area contributed by atoms with Crippen molar-refractivity contribution in [3.8, 4) is 5.75 Å². The number of para-hydroxylation sites is 2. The Balaban J connectivity index is 1.45. The quantitative estimate of drug-likeness (QED) is 0.634. The second kappa shape index (κ2) is 7.49. The van der Waals surface area contributed by atoms with Crippen molar-refractivity contribution in [2.75, 3.05) is 13.2 Å². The van der Waals surface area contributed by atoms with Crippen LogP contribution in [0.3, 0.4) is 0 Å². The average molecular weight is 437 g/mol. The van der Waals surface area contributed by atoms with Gasteiger partial charge in [-0.2, -0.15) is 0 Å². The molecule has 1 aromatic carbocycles. The summed E-state index contributed by atoms with van der Waals surface area (Å²) in [5.41, 5.74) is 0.542. The normalized spacial score (nSPS) is 17.7. The van der Waals surface area contributed by atoms with E-state index in [9.17, 15) is 19.5 Å². The summed E-state index contributed by atoms with van der Waals surface area (Å²) in [7, 11) is 0. The van der Waals surface area contributed by atoms with Crippen LogP contribution in [0, 0.1) is 0 Å². The highest BCUT2D eigenvalue weighted by Gasteiger charge is 2.39. The monoisotopic (exact) mass is 437 g/mol. The van der Waals surface area contributed by atoms with Gasteiger partial charge in [0.25, 0.3) is 11.8 Å². The van der Waals surface area contributed by atoms with Gasteiger partial charge in [0.2, 0.25) is 5.43 Å². The van der Waals surface area contributed by atoms with Crippen molar-refractivity contribution in [3.63, 3.8) is 0 Å². The largest absolute Gasteiger partial charge is 0.503 e.